The van der Waals surface area contributed by atoms with Gasteiger partial charge < -0.3 is 20.3 Å². The summed E-state index contributed by atoms with van der Waals surface area (Å²) < 4.78 is 25.0. The van der Waals surface area contributed by atoms with Crippen molar-refractivity contribution < 1.29 is 23.8 Å². The maximum Gasteiger partial charge on any atom is 0.303 e. The number of aliphatic carboxylic acids is 1. The normalized spacial score (nSPS) is 15.6. The fourth-order valence-corrected chi connectivity index (χ4v) is 2.22. The molecule has 1 atom stereocenters. The van der Waals surface area contributed by atoms with Gasteiger partial charge in [0.15, 0.2) is 17.3 Å². The highest BCUT2D eigenvalue weighted by molar-refractivity contribution is 6.32. The molecule has 1 aliphatic heterocycles. The Morgan fingerprint density at radius 1 is 1.50 bits per heavy atom. The van der Waals surface area contributed by atoms with Gasteiger partial charge >= 0.3 is 5.97 Å². The zero-order chi connectivity index (χ0) is 14.7. The molecular weight excluding hydrogens is 289 g/mol. The van der Waals surface area contributed by atoms with Gasteiger partial charge in [0, 0.05) is 24.4 Å². The summed E-state index contributed by atoms with van der Waals surface area (Å²) in [5, 5.41) is 8.47. The molecular formula is C13H15ClFNO4. The molecule has 110 valence electrons. The van der Waals surface area contributed by atoms with E-state index in [4.69, 9.17) is 31.9 Å². The summed E-state index contributed by atoms with van der Waals surface area (Å²) in [5.41, 5.74) is 5.97. The SMILES string of the molecule is NC(CCC(=O)O)c1cc2c(c(Cl)c1F)OCCCO2. The first-order valence-corrected chi connectivity index (χ1v) is 6.63. The second kappa shape index (κ2) is 6.28. The van der Waals surface area contributed by atoms with Gasteiger partial charge in [-0.15, -0.1) is 0 Å². The summed E-state index contributed by atoms with van der Waals surface area (Å²) in [6, 6.07) is 0.676. The predicted molar refractivity (Wildman–Crippen MR) is 70.8 cm³/mol. The molecule has 1 aromatic rings. The topological polar surface area (TPSA) is 81.8 Å². The van der Waals surface area contributed by atoms with Crippen LogP contribution in [0.1, 0.15) is 30.9 Å². The molecule has 0 aliphatic carbocycles. The fourth-order valence-electron chi connectivity index (χ4n) is 1.97. The summed E-state index contributed by atoms with van der Waals surface area (Å²) in [7, 11) is 0. The molecule has 2 rings (SSSR count). The Balaban J connectivity index is 2.32. The van der Waals surface area contributed by atoms with Crippen molar-refractivity contribution in [2.75, 3.05) is 13.2 Å². The molecule has 0 amide bonds. The average Bonchev–Trinajstić information content (AvgIpc) is 2.65. The molecule has 0 radical (unpaired) electrons. The van der Waals surface area contributed by atoms with E-state index in [0.29, 0.717) is 25.4 Å². The third-order valence-electron chi connectivity index (χ3n) is 3.02. The zero-order valence-electron chi connectivity index (χ0n) is 10.7. The monoisotopic (exact) mass is 303 g/mol. The Morgan fingerprint density at radius 3 is 2.90 bits per heavy atom. The van der Waals surface area contributed by atoms with Crippen molar-refractivity contribution in [3.63, 3.8) is 0 Å². The standard InChI is InChI=1S/C13H15ClFNO4/c14-11-12(15)7(8(16)2-3-10(17)18)6-9-13(11)20-5-1-4-19-9/h6,8H,1-5,16H2,(H,17,18). The van der Waals surface area contributed by atoms with Crippen molar-refractivity contribution >= 4 is 17.6 Å². The van der Waals surface area contributed by atoms with Crippen LogP contribution in [0.2, 0.25) is 5.02 Å². The second-order valence-electron chi connectivity index (χ2n) is 4.51. The third-order valence-corrected chi connectivity index (χ3v) is 3.35. The van der Waals surface area contributed by atoms with Gasteiger partial charge in [-0.3, -0.25) is 4.79 Å². The number of ether oxygens (including phenoxy) is 2. The third kappa shape index (κ3) is 3.13. The number of rotatable bonds is 4. The summed E-state index contributed by atoms with van der Waals surface area (Å²) in [4.78, 5) is 10.5. The predicted octanol–water partition coefficient (Wildman–Crippen LogP) is 2.51. The molecule has 0 saturated carbocycles. The van der Waals surface area contributed by atoms with Crippen molar-refractivity contribution in [1.82, 2.24) is 0 Å². The maximum atomic E-state index is 14.2. The minimum Gasteiger partial charge on any atom is -0.489 e. The first kappa shape index (κ1) is 14.9. The van der Waals surface area contributed by atoms with Crippen LogP contribution in [0.4, 0.5) is 4.39 Å². The quantitative estimate of drug-likeness (QED) is 0.893. The highest BCUT2D eigenvalue weighted by Gasteiger charge is 2.24. The minimum absolute atomic E-state index is 0.113. The average molecular weight is 304 g/mol. The van der Waals surface area contributed by atoms with Crippen molar-refractivity contribution in [2.24, 2.45) is 5.73 Å². The van der Waals surface area contributed by atoms with E-state index in [2.05, 4.69) is 0 Å². The van der Waals surface area contributed by atoms with Crippen LogP contribution < -0.4 is 15.2 Å². The van der Waals surface area contributed by atoms with E-state index in [1.165, 1.54) is 6.07 Å². The molecule has 0 fully saturated rings. The molecule has 1 heterocycles. The van der Waals surface area contributed by atoms with Crippen LogP contribution >= 0.6 is 11.6 Å². The Morgan fingerprint density at radius 2 is 2.20 bits per heavy atom. The van der Waals surface area contributed by atoms with E-state index in [9.17, 15) is 9.18 Å². The van der Waals surface area contributed by atoms with E-state index in [-0.39, 0.29) is 29.2 Å². The number of benzene rings is 1. The van der Waals surface area contributed by atoms with Crippen molar-refractivity contribution in [2.45, 2.75) is 25.3 Å². The van der Waals surface area contributed by atoms with Gasteiger partial charge in [-0.25, -0.2) is 4.39 Å². The van der Waals surface area contributed by atoms with Crippen LogP contribution in [0, 0.1) is 5.82 Å². The summed E-state index contributed by atoms with van der Waals surface area (Å²) in [6.07, 6.45) is 0.641. The molecule has 5 nitrogen and oxygen atoms in total. The van der Waals surface area contributed by atoms with Crippen LogP contribution in [0.3, 0.4) is 0 Å². The largest absolute Gasteiger partial charge is 0.489 e. The molecule has 0 aromatic heterocycles. The summed E-state index contributed by atoms with van der Waals surface area (Å²) >= 11 is 5.94. The van der Waals surface area contributed by atoms with E-state index in [0.717, 1.165) is 0 Å². The molecule has 0 bridgehead atoms. The first-order chi connectivity index (χ1) is 9.50. The van der Waals surface area contributed by atoms with Gasteiger partial charge in [0.2, 0.25) is 0 Å². The van der Waals surface area contributed by atoms with Crippen LogP contribution in [-0.4, -0.2) is 24.3 Å². The van der Waals surface area contributed by atoms with Crippen molar-refractivity contribution in [3.8, 4) is 11.5 Å². The van der Waals surface area contributed by atoms with Crippen LogP contribution in [0.5, 0.6) is 11.5 Å². The number of hydrogen-bond donors (Lipinski definition) is 2. The highest BCUT2D eigenvalue weighted by atomic mass is 35.5. The minimum atomic E-state index is -0.985. The van der Waals surface area contributed by atoms with E-state index >= 15 is 0 Å². The van der Waals surface area contributed by atoms with Gasteiger partial charge in [0.05, 0.1) is 13.2 Å². The number of carboxylic acids is 1. The van der Waals surface area contributed by atoms with Crippen LogP contribution in [-0.2, 0) is 4.79 Å². The number of fused-ring (bicyclic) bond motifs is 1. The molecule has 1 aliphatic rings. The Bertz CT molecular complexity index is 524. The molecule has 20 heavy (non-hydrogen) atoms. The van der Waals surface area contributed by atoms with E-state index in [1.54, 1.807) is 0 Å². The van der Waals surface area contributed by atoms with Gasteiger partial charge in [-0.2, -0.15) is 0 Å². The maximum absolute atomic E-state index is 14.2. The number of hydrogen-bond acceptors (Lipinski definition) is 4. The van der Waals surface area contributed by atoms with Gasteiger partial charge in [0.25, 0.3) is 0 Å². The zero-order valence-corrected chi connectivity index (χ0v) is 11.5. The first-order valence-electron chi connectivity index (χ1n) is 6.25. The molecule has 1 aromatic carbocycles. The summed E-state index contributed by atoms with van der Waals surface area (Å²) in [5.74, 6) is -1.15. The second-order valence-corrected chi connectivity index (χ2v) is 4.89. The lowest BCUT2D eigenvalue weighted by molar-refractivity contribution is -0.137. The molecule has 3 N–H and O–H groups in total. The molecule has 7 heteroatoms. The van der Waals surface area contributed by atoms with Crippen molar-refractivity contribution in [3.05, 3.63) is 22.5 Å². The van der Waals surface area contributed by atoms with Gasteiger partial charge in [0.1, 0.15) is 5.02 Å². The lowest BCUT2D eigenvalue weighted by Gasteiger charge is -2.17. The molecule has 1 unspecified atom stereocenters. The highest BCUT2D eigenvalue weighted by Crippen LogP contribution is 2.42. The Kier molecular flexibility index (Phi) is 4.67. The van der Waals surface area contributed by atoms with Gasteiger partial charge in [-0.1, -0.05) is 11.6 Å². The number of carbonyl (C=O) groups is 1. The molecule has 0 saturated heterocycles. The number of halogens is 2. The van der Waals surface area contributed by atoms with Crippen LogP contribution in [0.25, 0.3) is 0 Å². The van der Waals surface area contributed by atoms with E-state index in [1.807, 2.05) is 0 Å². The Labute approximate surface area is 120 Å². The van der Waals surface area contributed by atoms with E-state index < -0.39 is 17.8 Å². The summed E-state index contributed by atoms with van der Waals surface area (Å²) in [6.45, 7) is 0.843. The van der Waals surface area contributed by atoms with Crippen LogP contribution in [0.15, 0.2) is 6.07 Å². The van der Waals surface area contributed by atoms with Crippen molar-refractivity contribution in [1.29, 1.82) is 0 Å². The lowest BCUT2D eigenvalue weighted by atomic mass is 10.0. The lowest BCUT2D eigenvalue weighted by Crippen LogP contribution is -2.14. The molecule has 0 spiro atoms. The Hall–Kier alpha value is -1.53. The number of nitrogens with two attached hydrogens (primary N) is 1. The number of carboxylic acid groups (broad SMARTS) is 1. The fraction of sp³-hybridized carbons (Fsp3) is 0.462. The smallest absolute Gasteiger partial charge is 0.303 e. The van der Waals surface area contributed by atoms with Gasteiger partial charge in [-0.05, 0) is 12.5 Å².